The van der Waals surface area contributed by atoms with Gasteiger partial charge in [-0.15, -0.1) is 0 Å². The van der Waals surface area contributed by atoms with Gasteiger partial charge in [-0.05, 0) is 6.07 Å². The lowest BCUT2D eigenvalue weighted by molar-refractivity contribution is -0.385. The minimum absolute atomic E-state index is 0.0764. The first-order chi connectivity index (χ1) is 8.32. The second-order valence-corrected chi connectivity index (χ2v) is 5.45. The maximum atomic E-state index is 13.6. The molecule has 98 valence electrons. The van der Waals surface area contributed by atoms with Crippen molar-refractivity contribution in [1.82, 2.24) is 4.90 Å². The van der Waals surface area contributed by atoms with Gasteiger partial charge in [0, 0.05) is 24.5 Å². The normalized spacial score (nSPS) is 12.0. The first-order valence-electron chi connectivity index (χ1n) is 5.16. The Morgan fingerprint density at radius 2 is 2.22 bits per heavy atom. The molecule has 0 saturated carbocycles. The zero-order valence-electron chi connectivity index (χ0n) is 9.89. The molecule has 0 N–H and O–H groups in total. The number of benzene rings is 1. The van der Waals surface area contributed by atoms with Crippen LogP contribution in [0.25, 0.3) is 0 Å². The molecule has 0 bridgehead atoms. The number of nitro groups is 1. The number of carbonyl (C=O) groups is 1. The fourth-order valence-corrected chi connectivity index (χ4v) is 1.89. The van der Waals surface area contributed by atoms with Crippen molar-refractivity contribution in [3.05, 3.63) is 39.7 Å². The van der Waals surface area contributed by atoms with E-state index in [1.165, 1.54) is 4.90 Å². The van der Waals surface area contributed by atoms with Gasteiger partial charge in [-0.3, -0.25) is 14.9 Å². The van der Waals surface area contributed by atoms with Gasteiger partial charge in [-0.1, -0.05) is 22.9 Å². The fourth-order valence-electron chi connectivity index (χ4n) is 1.46. The van der Waals surface area contributed by atoms with E-state index in [0.29, 0.717) is 6.54 Å². The average Bonchev–Trinajstić information content (AvgIpc) is 2.26. The summed E-state index contributed by atoms with van der Waals surface area (Å²) < 4.78 is 13.6. The van der Waals surface area contributed by atoms with E-state index >= 15 is 0 Å². The van der Waals surface area contributed by atoms with Crippen molar-refractivity contribution in [2.45, 2.75) is 11.8 Å². The van der Waals surface area contributed by atoms with Crippen LogP contribution in [0.1, 0.15) is 17.3 Å². The molecule has 7 heteroatoms. The van der Waals surface area contributed by atoms with E-state index in [9.17, 15) is 19.3 Å². The third-order valence-corrected chi connectivity index (χ3v) is 2.56. The number of hydrogen-bond acceptors (Lipinski definition) is 3. The van der Waals surface area contributed by atoms with E-state index in [4.69, 9.17) is 0 Å². The molecular formula is C11H12BrFN2O3. The standard InChI is InChI=1S/C11H12BrFN2O3/c1-7(12)6-14(2)11(16)9-4-3-8(15(17)18)5-10(9)13/h3-5,7H,6H2,1-2H3. The summed E-state index contributed by atoms with van der Waals surface area (Å²) in [5, 5.41) is 10.5. The van der Waals surface area contributed by atoms with Crippen LogP contribution in [0, 0.1) is 15.9 Å². The SMILES string of the molecule is CC(Br)CN(C)C(=O)c1ccc([N+](=O)[O-])cc1F. The highest BCUT2D eigenvalue weighted by Gasteiger charge is 2.19. The van der Waals surface area contributed by atoms with Crippen LogP contribution in [-0.2, 0) is 0 Å². The van der Waals surface area contributed by atoms with Crippen LogP contribution in [0.4, 0.5) is 10.1 Å². The van der Waals surface area contributed by atoms with Gasteiger partial charge in [-0.2, -0.15) is 0 Å². The van der Waals surface area contributed by atoms with Gasteiger partial charge < -0.3 is 4.90 Å². The van der Waals surface area contributed by atoms with Crippen LogP contribution in [0.3, 0.4) is 0 Å². The van der Waals surface area contributed by atoms with E-state index in [0.717, 1.165) is 18.2 Å². The molecule has 0 aromatic heterocycles. The molecule has 0 aliphatic rings. The average molecular weight is 319 g/mol. The third-order valence-electron chi connectivity index (χ3n) is 2.27. The number of amides is 1. The van der Waals surface area contributed by atoms with Crippen LogP contribution in [0.2, 0.25) is 0 Å². The Morgan fingerprint density at radius 3 is 2.67 bits per heavy atom. The molecule has 1 unspecified atom stereocenters. The van der Waals surface area contributed by atoms with Crippen LogP contribution in [0.5, 0.6) is 0 Å². The molecule has 0 radical (unpaired) electrons. The van der Waals surface area contributed by atoms with Crippen molar-refractivity contribution in [2.24, 2.45) is 0 Å². The summed E-state index contributed by atoms with van der Waals surface area (Å²) in [5.41, 5.74) is -0.545. The molecule has 0 aliphatic carbocycles. The van der Waals surface area contributed by atoms with Crippen molar-refractivity contribution < 1.29 is 14.1 Å². The maximum absolute atomic E-state index is 13.6. The largest absolute Gasteiger partial charge is 0.341 e. The molecule has 1 aromatic carbocycles. The quantitative estimate of drug-likeness (QED) is 0.487. The fraction of sp³-hybridized carbons (Fsp3) is 0.364. The minimum Gasteiger partial charge on any atom is -0.341 e. The molecular weight excluding hydrogens is 307 g/mol. The second-order valence-electron chi connectivity index (χ2n) is 3.89. The Kier molecular flexibility index (Phi) is 4.77. The van der Waals surface area contributed by atoms with E-state index in [2.05, 4.69) is 15.9 Å². The van der Waals surface area contributed by atoms with Crippen LogP contribution < -0.4 is 0 Å². The van der Waals surface area contributed by atoms with Gasteiger partial charge in [-0.25, -0.2) is 4.39 Å². The van der Waals surface area contributed by atoms with Crippen LogP contribution in [0.15, 0.2) is 18.2 Å². The lowest BCUT2D eigenvalue weighted by Gasteiger charge is -2.18. The molecule has 1 rings (SSSR count). The molecule has 1 aromatic rings. The number of nitro benzene ring substituents is 1. The molecule has 0 heterocycles. The monoisotopic (exact) mass is 318 g/mol. The molecule has 0 spiro atoms. The Bertz CT molecular complexity index is 479. The smallest absolute Gasteiger partial charge is 0.272 e. The highest BCUT2D eigenvalue weighted by molar-refractivity contribution is 9.09. The van der Waals surface area contributed by atoms with Crippen molar-refractivity contribution in [3.8, 4) is 0 Å². The number of alkyl halides is 1. The lowest BCUT2D eigenvalue weighted by atomic mass is 10.1. The summed E-state index contributed by atoms with van der Waals surface area (Å²) in [5.74, 6) is -1.39. The number of carbonyl (C=O) groups excluding carboxylic acids is 1. The third kappa shape index (κ3) is 3.49. The number of halogens is 2. The van der Waals surface area contributed by atoms with Crippen LogP contribution in [-0.4, -0.2) is 34.2 Å². The van der Waals surface area contributed by atoms with E-state index in [1.807, 2.05) is 6.92 Å². The lowest BCUT2D eigenvalue weighted by Crippen LogP contribution is -2.31. The summed E-state index contributed by atoms with van der Waals surface area (Å²) in [4.78, 5) is 23.0. The number of rotatable bonds is 4. The zero-order chi connectivity index (χ0) is 13.9. The zero-order valence-corrected chi connectivity index (χ0v) is 11.5. The van der Waals surface area contributed by atoms with E-state index in [1.54, 1.807) is 7.05 Å². The predicted octanol–water partition coefficient (Wildman–Crippen LogP) is 2.59. The summed E-state index contributed by atoms with van der Waals surface area (Å²) in [6.45, 7) is 2.27. The number of hydrogen-bond donors (Lipinski definition) is 0. The van der Waals surface area contributed by atoms with Gasteiger partial charge in [0.1, 0.15) is 5.82 Å². The van der Waals surface area contributed by atoms with Gasteiger partial charge in [0.15, 0.2) is 0 Å². The summed E-state index contributed by atoms with van der Waals surface area (Å²) in [6.07, 6.45) is 0. The molecule has 0 fully saturated rings. The minimum atomic E-state index is -0.886. The van der Waals surface area contributed by atoms with Crippen molar-refractivity contribution in [1.29, 1.82) is 0 Å². The number of nitrogens with zero attached hydrogens (tertiary/aromatic N) is 2. The Morgan fingerprint density at radius 1 is 1.61 bits per heavy atom. The van der Waals surface area contributed by atoms with Gasteiger partial charge in [0.25, 0.3) is 11.6 Å². The summed E-state index contributed by atoms with van der Waals surface area (Å²) in [7, 11) is 1.54. The Labute approximate surface area is 112 Å². The molecule has 1 atom stereocenters. The first-order valence-corrected chi connectivity index (χ1v) is 6.08. The Balaban J connectivity index is 2.96. The first kappa shape index (κ1) is 14.6. The summed E-state index contributed by atoms with van der Waals surface area (Å²) in [6, 6.07) is 2.99. The van der Waals surface area contributed by atoms with Gasteiger partial charge in [0.2, 0.25) is 0 Å². The topological polar surface area (TPSA) is 63.5 Å². The Hall–Kier alpha value is -1.50. The van der Waals surface area contributed by atoms with Crippen LogP contribution >= 0.6 is 15.9 Å². The van der Waals surface area contributed by atoms with Crippen molar-refractivity contribution in [2.75, 3.05) is 13.6 Å². The number of non-ortho nitro benzene ring substituents is 1. The van der Waals surface area contributed by atoms with E-state index in [-0.39, 0.29) is 16.1 Å². The predicted molar refractivity (Wildman–Crippen MR) is 68.4 cm³/mol. The van der Waals surface area contributed by atoms with Gasteiger partial charge in [0.05, 0.1) is 16.6 Å². The van der Waals surface area contributed by atoms with Crippen molar-refractivity contribution >= 4 is 27.5 Å². The second kappa shape index (κ2) is 5.90. The van der Waals surface area contributed by atoms with Gasteiger partial charge >= 0.3 is 0 Å². The molecule has 0 saturated heterocycles. The molecule has 1 amide bonds. The highest BCUT2D eigenvalue weighted by atomic mass is 79.9. The molecule has 18 heavy (non-hydrogen) atoms. The van der Waals surface area contributed by atoms with Crippen molar-refractivity contribution in [3.63, 3.8) is 0 Å². The molecule has 0 aliphatic heterocycles. The van der Waals surface area contributed by atoms with E-state index < -0.39 is 16.6 Å². The summed E-state index contributed by atoms with van der Waals surface area (Å²) >= 11 is 3.29. The maximum Gasteiger partial charge on any atom is 0.272 e. The highest BCUT2D eigenvalue weighted by Crippen LogP contribution is 2.18. The molecule has 5 nitrogen and oxygen atoms in total.